The summed E-state index contributed by atoms with van der Waals surface area (Å²) >= 11 is 0. The molecule has 0 aromatic carbocycles. The van der Waals surface area contributed by atoms with Crippen LogP contribution in [0.15, 0.2) is 24.0 Å². The zero-order valence-corrected chi connectivity index (χ0v) is 19.8. The summed E-state index contributed by atoms with van der Waals surface area (Å²) in [5, 5.41) is 0. The second-order valence-electron chi connectivity index (χ2n) is 6.37. The molecule has 0 aromatic heterocycles. The molecule has 0 aliphatic rings. The first-order valence-corrected chi connectivity index (χ1v) is 10.2. The van der Waals surface area contributed by atoms with Crippen LogP contribution in [-0.4, -0.2) is 42.4 Å². The SMILES string of the molecule is CC=O.CCCC(OC(CCC)C(=COC(C)=O)OC(C)=O)C(=COC(C)=O)OC(C)=O. The Hall–Kier alpha value is -3.01. The van der Waals surface area contributed by atoms with Crippen LogP contribution < -0.4 is 0 Å². The average molecular weight is 459 g/mol. The molecule has 182 valence electrons. The Morgan fingerprint density at radius 3 is 1.22 bits per heavy atom. The summed E-state index contributed by atoms with van der Waals surface area (Å²) in [7, 11) is 0. The van der Waals surface area contributed by atoms with Crippen LogP contribution in [0.4, 0.5) is 0 Å². The van der Waals surface area contributed by atoms with E-state index in [9.17, 15) is 19.2 Å². The number of aldehydes is 1. The van der Waals surface area contributed by atoms with Gasteiger partial charge in [0.15, 0.2) is 11.5 Å². The molecule has 0 heterocycles. The number of hydrogen-bond acceptors (Lipinski definition) is 10. The molecule has 0 radical (unpaired) electrons. The molecule has 10 heteroatoms. The summed E-state index contributed by atoms with van der Waals surface area (Å²) in [4.78, 5) is 54.1. The van der Waals surface area contributed by atoms with Crippen molar-refractivity contribution in [3.05, 3.63) is 24.0 Å². The molecule has 0 aliphatic carbocycles. The molecule has 2 unspecified atom stereocenters. The third-order valence-corrected chi connectivity index (χ3v) is 3.27. The van der Waals surface area contributed by atoms with Crippen molar-refractivity contribution >= 4 is 30.2 Å². The van der Waals surface area contributed by atoms with Crippen LogP contribution in [0.5, 0.6) is 0 Å². The predicted molar refractivity (Wildman–Crippen MR) is 113 cm³/mol. The van der Waals surface area contributed by atoms with Crippen molar-refractivity contribution in [1.82, 2.24) is 0 Å². The van der Waals surface area contributed by atoms with Crippen LogP contribution in [0.2, 0.25) is 0 Å². The minimum absolute atomic E-state index is 0.00492. The van der Waals surface area contributed by atoms with Crippen LogP contribution in [0.1, 0.15) is 74.1 Å². The van der Waals surface area contributed by atoms with Gasteiger partial charge in [-0.1, -0.05) is 26.7 Å². The van der Waals surface area contributed by atoms with Crippen LogP contribution in [0, 0.1) is 0 Å². The largest absolute Gasteiger partial charge is 0.431 e. The van der Waals surface area contributed by atoms with Crippen LogP contribution in [-0.2, 0) is 47.7 Å². The summed E-state index contributed by atoms with van der Waals surface area (Å²) < 4.78 is 26.1. The average Bonchev–Trinajstić information content (AvgIpc) is 2.67. The number of hydrogen-bond donors (Lipinski definition) is 0. The maximum absolute atomic E-state index is 11.5. The Labute approximate surface area is 188 Å². The van der Waals surface area contributed by atoms with Gasteiger partial charge in [-0.25, -0.2) is 0 Å². The molecule has 2 atom stereocenters. The van der Waals surface area contributed by atoms with Crippen molar-refractivity contribution < 1.29 is 47.7 Å². The molecule has 0 rings (SSSR count). The molecule has 10 nitrogen and oxygen atoms in total. The first-order valence-electron chi connectivity index (χ1n) is 10.2. The zero-order valence-electron chi connectivity index (χ0n) is 19.8. The molecule has 0 aliphatic heterocycles. The second-order valence-corrected chi connectivity index (χ2v) is 6.37. The van der Waals surface area contributed by atoms with Gasteiger partial charge in [-0.15, -0.1) is 0 Å². The van der Waals surface area contributed by atoms with Gasteiger partial charge in [0.25, 0.3) is 0 Å². The molecule has 0 aromatic rings. The zero-order chi connectivity index (χ0) is 25.1. The van der Waals surface area contributed by atoms with Gasteiger partial charge >= 0.3 is 23.9 Å². The van der Waals surface area contributed by atoms with Gasteiger partial charge in [0.1, 0.15) is 31.0 Å². The minimum atomic E-state index is -0.781. The molecule has 32 heavy (non-hydrogen) atoms. The molecular weight excluding hydrogens is 424 g/mol. The number of esters is 4. The quantitative estimate of drug-likeness (QED) is 0.185. The first kappa shape index (κ1) is 31.2. The summed E-state index contributed by atoms with van der Waals surface area (Å²) in [5.41, 5.74) is 0. The smallest absolute Gasteiger partial charge is 0.307 e. The van der Waals surface area contributed by atoms with Crippen molar-refractivity contribution in [2.45, 2.75) is 86.4 Å². The van der Waals surface area contributed by atoms with E-state index in [1.165, 1.54) is 34.6 Å². The molecule has 0 saturated heterocycles. The normalized spacial score (nSPS) is 13.0. The number of carbonyl (C=O) groups is 5. The standard InChI is InChI=1S/C20H30O9.C2H4O/c1-7-9-17(19(27-15(5)23)11-25-13(3)21)29-18(10-8-2)20(28-16(6)24)12-26-14(4)22;1-2-3/h11-12,17-18H,7-10H2,1-6H3;2H,1H3. The monoisotopic (exact) mass is 458 g/mol. The Balaban J connectivity index is 0. The van der Waals surface area contributed by atoms with Gasteiger partial charge in [-0.05, 0) is 19.8 Å². The number of rotatable bonds is 12. The lowest BCUT2D eigenvalue weighted by Crippen LogP contribution is -2.29. The van der Waals surface area contributed by atoms with E-state index < -0.39 is 36.1 Å². The van der Waals surface area contributed by atoms with E-state index in [0.717, 1.165) is 18.8 Å². The molecule has 0 saturated carbocycles. The molecule has 0 amide bonds. The van der Waals surface area contributed by atoms with Crippen LogP contribution in [0.25, 0.3) is 0 Å². The fraction of sp³-hybridized carbons (Fsp3) is 0.591. The van der Waals surface area contributed by atoms with Gasteiger partial charge in [0.05, 0.1) is 0 Å². The van der Waals surface area contributed by atoms with Gasteiger partial charge in [-0.2, -0.15) is 0 Å². The summed E-state index contributed by atoms with van der Waals surface area (Å²) in [6.07, 6.45) is 3.37. The van der Waals surface area contributed by atoms with Gasteiger partial charge in [-0.3, -0.25) is 19.2 Å². The number of carbonyl (C=O) groups excluding carboxylic acids is 5. The Morgan fingerprint density at radius 2 is 1.00 bits per heavy atom. The molecular formula is C22H34O10. The highest BCUT2D eigenvalue weighted by molar-refractivity contribution is 5.69. The van der Waals surface area contributed by atoms with Crippen LogP contribution >= 0.6 is 0 Å². The van der Waals surface area contributed by atoms with Crippen molar-refractivity contribution in [3.8, 4) is 0 Å². The maximum Gasteiger partial charge on any atom is 0.307 e. The maximum atomic E-state index is 11.5. The first-order chi connectivity index (χ1) is 15.0. The Kier molecular flexibility index (Phi) is 18.3. The summed E-state index contributed by atoms with van der Waals surface area (Å²) in [5.74, 6) is -2.40. The van der Waals surface area contributed by atoms with E-state index in [4.69, 9.17) is 28.5 Å². The van der Waals surface area contributed by atoms with E-state index in [1.54, 1.807) is 0 Å². The predicted octanol–water partition coefficient (Wildman–Crippen LogP) is 3.48. The lowest BCUT2D eigenvalue weighted by atomic mass is 10.1. The third kappa shape index (κ3) is 16.8. The highest BCUT2D eigenvalue weighted by Gasteiger charge is 2.27. The summed E-state index contributed by atoms with van der Waals surface area (Å²) in [6.45, 7) is 10.1. The van der Waals surface area contributed by atoms with Gasteiger partial charge < -0.3 is 28.5 Å². The van der Waals surface area contributed by atoms with Crippen molar-refractivity contribution in [1.29, 1.82) is 0 Å². The van der Waals surface area contributed by atoms with Crippen LogP contribution in [0.3, 0.4) is 0 Å². The Bertz CT molecular complexity index is 624. The lowest BCUT2D eigenvalue weighted by molar-refractivity contribution is -0.145. The summed E-state index contributed by atoms with van der Waals surface area (Å²) in [6, 6.07) is 0. The van der Waals surface area contributed by atoms with Gasteiger partial charge in [0.2, 0.25) is 0 Å². The van der Waals surface area contributed by atoms with Crippen molar-refractivity contribution in [3.63, 3.8) is 0 Å². The van der Waals surface area contributed by atoms with E-state index in [1.807, 2.05) is 13.8 Å². The Morgan fingerprint density at radius 1 is 0.688 bits per heavy atom. The van der Waals surface area contributed by atoms with E-state index in [-0.39, 0.29) is 11.5 Å². The second kappa shape index (κ2) is 18.7. The van der Waals surface area contributed by atoms with E-state index in [2.05, 4.69) is 0 Å². The third-order valence-electron chi connectivity index (χ3n) is 3.27. The van der Waals surface area contributed by atoms with Crippen molar-refractivity contribution in [2.24, 2.45) is 0 Å². The van der Waals surface area contributed by atoms with E-state index in [0.29, 0.717) is 25.7 Å². The minimum Gasteiger partial charge on any atom is -0.431 e. The molecule has 0 N–H and O–H groups in total. The lowest BCUT2D eigenvalue weighted by Gasteiger charge is -2.26. The highest BCUT2D eigenvalue weighted by Crippen LogP contribution is 2.24. The molecule has 0 fully saturated rings. The fourth-order valence-corrected chi connectivity index (χ4v) is 2.22. The molecule has 0 bridgehead atoms. The van der Waals surface area contributed by atoms with Crippen molar-refractivity contribution in [2.75, 3.05) is 0 Å². The fourth-order valence-electron chi connectivity index (χ4n) is 2.22. The highest BCUT2D eigenvalue weighted by atomic mass is 16.6. The molecule has 0 spiro atoms. The number of ether oxygens (including phenoxy) is 5. The van der Waals surface area contributed by atoms with E-state index >= 15 is 0 Å². The van der Waals surface area contributed by atoms with Gasteiger partial charge in [0, 0.05) is 27.7 Å². The topological polar surface area (TPSA) is 132 Å².